The van der Waals surface area contributed by atoms with Crippen molar-refractivity contribution in [2.24, 2.45) is 0 Å². The number of halogens is 1. The van der Waals surface area contributed by atoms with Gasteiger partial charge in [0.1, 0.15) is 23.2 Å². The molecular formula is C23H25FN6O. The van der Waals surface area contributed by atoms with E-state index in [1.54, 1.807) is 49.6 Å². The zero-order valence-electron chi connectivity index (χ0n) is 17.5. The summed E-state index contributed by atoms with van der Waals surface area (Å²) in [5.41, 5.74) is 2.54. The summed E-state index contributed by atoms with van der Waals surface area (Å²) in [4.78, 5) is 23.0. The number of amides is 1. The van der Waals surface area contributed by atoms with Crippen molar-refractivity contribution in [2.75, 3.05) is 26.0 Å². The van der Waals surface area contributed by atoms with Crippen LogP contribution >= 0.6 is 0 Å². The largest absolute Gasteiger partial charge is 0.369 e. The van der Waals surface area contributed by atoms with Crippen molar-refractivity contribution in [2.45, 2.75) is 13.0 Å². The van der Waals surface area contributed by atoms with Gasteiger partial charge in [-0.25, -0.2) is 9.37 Å². The van der Waals surface area contributed by atoms with Gasteiger partial charge < -0.3 is 15.5 Å². The molecule has 0 bridgehead atoms. The predicted octanol–water partition coefficient (Wildman–Crippen LogP) is 3.09. The molecule has 2 heterocycles. The molecule has 0 aliphatic rings. The van der Waals surface area contributed by atoms with Crippen LogP contribution in [0.3, 0.4) is 0 Å². The van der Waals surface area contributed by atoms with Gasteiger partial charge in [-0.3, -0.25) is 15.2 Å². The quantitative estimate of drug-likeness (QED) is 0.385. The summed E-state index contributed by atoms with van der Waals surface area (Å²) >= 11 is 0. The number of benzene rings is 1. The number of nitrogens with one attached hydrogen (secondary N) is 3. The molecule has 0 spiro atoms. The number of pyridine rings is 2. The molecule has 0 aliphatic heterocycles. The molecule has 0 atom stereocenters. The Morgan fingerprint density at radius 2 is 1.94 bits per heavy atom. The molecule has 7 nitrogen and oxygen atoms in total. The standard InChI is InChI=1S/C23H25FN6O/c1-30(2)21(25)20-9-8-19(23(31)28-15-17-6-4-11-26-14-17)22(29-20)27-12-10-16-5-3-7-18(24)13-16/h3-9,11,13-14,25H,10,12,15H2,1-2H3,(H,27,29)(H,28,31). The second-order valence-electron chi connectivity index (χ2n) is 7.19. The van der Waals surface area contributed by atoms with Gasteiger partial charge in [0.15, 0.2) is 0 Å². The molecule has 2 aromatic heterocycles. The normalized spacial score (nSPS) is 10.4. The van der Waals surface area contributed by atoms with Gasteiger partial charge in [-0.05, 0) is 47.9 Å². The molecule has 3 rings (SSSR count). The maximum Gasteiger partial charge on any atom is 0.255 e. The fourth-order valence-corrected chi connectivity index (χ4v) is 2.94. The summed E-state index contributed by atoms with van der Waals surface area (Å²) in [6.45, 7) is 0.794. The Labute approximate surface area is 180 Å². The lowest BCUT2D eigenvalue weighted by molar-refractivity contribution is 0.0951. The number of aromatic nitrogens is 2. The number of carbonyl (C=O) groups is 1. The van der Waals surface area contributed by atoms with Crippen LogP contribution in [0.5, 0.6) is 0 Å². The lowest BCUT2D eigenvalue weighted by Crippen LogP contribution is -2.27. The molecule has 1 aromatic carbocycles. The number of amidine groups is 1. The highest BCUT2D eigenvalue weighted by atomic mass is 19.1. The Balaban J connectivity index is 1.76. The van der Waals surface area contributed by atoms with Crippen molar-refractivity contribution in [3.63, 3.8) is 0 Å². The molecule has 8 heteroatoms. The smallest absolute Gasteiger partial charge is 0.255 e. The Bertz CT molecular complexity index is 1050. The van der Waals surface area contributed by atoms with E-state index in [0.29, 0.717) is 36.6 Å². The first-order chi connectivity index (χ1) is 14.9. The number of hydrogen-bond acceptors (Lipinski definition) is 5. The molecule has 0 unspecified atom stereocenters. The highest BCUT2D eigenvalue weighted by Gasteiger charge is 2.16. The van der Waals surface area contributed by atoms with Gasteiger partial charge in [0.2, 0.25) is 0 Å². The van der Waals surface area contributed by atoms with Gasteiger partial charge in [0.25, 0.3) is 5.91 Å². The van der Waals surface area contributed by atoms with E-state index < -0.39 is 0 Å². The molecule has 0 radical (unpaired) electrons. The van der Waals surface area contributed by atoms with Crippen LogP contribution in [0, 0.1) is 11.2 Å². The number of rotatable bonds is 8. The Kier molecular flexibility index (Phi) is 7.26. The fraction of sp³-hybridized carbons (Fsp3) is 0.217. The second-order valence-corrected chi connectivity index (χ2v) is 7.19. The van der Waals surface area contributed by atoms with Crippen molar-refractivity contribution in [3.8, 4) is 0 Å². The minimum Gasteiger partial charge on any atom is -0.369 e. The van der Waals surface area contributed by atoms with E-state index in [-0.39, 0.29) is 17.6 Å². The van der Waals surface area contributed by atoms with Crippen molar-refractivity contribution in [3.05, 3.63) is 89.1 Å². The van der Waals surface area contributed by atoms with E-state index in [1.165, 1.54) is 12.1 Å². The predicted molar refractivity (Wildman–Crippen MR) is 119 cm³/mol. The number of carbonyl (C=O) groups excluding carboxylic acids is 1. The Morgan fingerprint density at radius 1 is 1.13 bits per heavy atom. The van der Waals surface area contributed by atoms with Crippen LogP contribution in [-0.2, 0) is 13.0 Å². The number of nitrogens with zero attached hydrogens (tertiary/aromatic N) is 3. The number of anilines is 1. The fourth-order valence-electron chi connectivity index (χ4n) is 2.94. The minimum absolute atomic E-state index is 0.232. The van der Waals surface area contributed by atoms with Crippen LogP contribution in [0.1, 0.15) is 27.2 Å². The van der Waals surface area contributed by atoms with Crippen molar-refractivity contribution < 1.29 is 9.18 Å². The van der Waals surface area contributed by atoms with Crippen LogP contribution in [0.4, 0.5) is 10.2 Å². The zero-order chi connectivity index (χ0) is 22.2. The van der Waals surface area contributed by atoms with Gasteiger partial charge in [-0.1, -0.05) is 18.2 Å². The third-order valence-electron chi connectivity index (χ3n) is 4.60. The van der Waals surface area contributed by atoms with Crippen molar-refractivity contribution in [1.82, 2.24) is 20.2 Å². The van der Waals surface area contributed by atoms with Gasteiger partial charge in [-0.2, -0.15) is 0 Å². The average Bonchev–Trinajstić information content (AvgIpc) is 2.77. The second kappa shape index (κ2) is 10.3. The maximum atomic E-state index is 13.4. The van der Waals surface area contributed by atoms with Gasteiger partial charge in [-0.15, -0.1) is 0 Å². The number of hydrogen-bond donors (Lipinski definition) is 3. The summed E-state index contributed by atoms with van der Waals surface area (Å²) < 4.78 is 13.4. The monoisotopic (exact) mass is 420 g/mol. The molecule has 0 fully saturated rings. The topological polar surface area (TPSA) is 94.0 Å². The summed E-state index contributed by atoms with van der Waals surface area (Å²) in [6.07, 6.45) is 3.93. The zero-order valence-corrected chi connectivity index (χ0v) is 17.5. The third-order valence-corrected chi connectivity index (χ3v) is 4.60. The van der Waals surface area contributed by atoms with Crippen LogP contribution in [0.25, 0.3) is 0 Å². The van der Waals surface area contributed by atoms with E-state index in [1.807, 2.05) is 18.2 Å². The molecule has 3 N–H and O–H groups in total. The molecule has 160 valence electrons. The van der Waals surface area contributed by atoms with E-state index in [2.05, 4.69) is 20.6 Å². The van der Waals surface area contributed by atoms with Gasteiger partial charge >= 0.3 is 0 Å². The van der Waals surface area contributed by atoms with E-state index >= 15 is 0 Å². The molecule has 1 amide bonds. The summed E-state index contributed by atoms with van der Waals surface area (Å²) in [5.74, 6) is 0.0414. The van der Waals surface area contributed by atoms with Gasteiger partial charge in [0, 0.05) is 39.6 Å². The molecule has 31 heavy (non-hydrogen) atoms. The first kappa shape index (κ1) is 21.9. The van der Waals surface area contributed by atoms with E-state index in [4.69, 9.17) is 5.41 Å². The highest BCUT2D eigenvalue weighted by Crippen LogP contribution is 2.16. The van der Waals surface area contributed by atoms with Crippen LogP contribution in [-0.4, -0.2) is 47.3 Å². The van der Waals surface area contributed by atoms with Crippen LogP contribution in [0.15, 0.2) is 60.9 Å². The average molecular weight is 420 g/mol. The molecular weight excluding hydrogens is 395 g/mol. The van der Waals surface area contributed by atoms with Crippen LogP contribution < -0.4 is 10.6 Å². The van der Waals surface area contributed by atoms with Crippen molar-refractivity contribution in [1.29, 1.82) is 5.41 Å². The lowest BCUT2D eigenvalue weighted by Gasteiger charge is -2.16. The first-order valence-electron chi connectivity index (χ1n) is 9.87. The maximum absolute atomic E-state index is 13.4. The van der Waals surface area contributed by atoms with Gasteiger partial charge in [0.05, 0.1) is 5.56 Å². The third kappa shape index (κ3) is 6.08. The molecule has 0 saturated carbocycles. The van der Waals surface area contributed by atoms with E-state index in [9.17, 15) is 9.18 Å². The summed E-state index contributed by atoms with van der Waals surface area (Å²) in [6, 6.07) is 13.4. The summed E-state index contributed by atoms with van der Waals surface area (Å²) in [7, 11) is 3.52. The molecule has 0 saturated heterocycles. The van der Waals surface area contributed by atoms with Crippen molar-refractivity contribution >= 4 is 17.6 Å². The Morgan fingerprint density at radius 3 is 2.65 bits per heavy atom. The van der Waals surface area contributed by atoms with E-state index in [0.717, 1.165) is 11.1 Å². The van der Waals surface area contributed by atoms with Crippen LogP contribution in [0.2, 0.25) is 0 Å². The summed E-state index contributed by atoms with van der Waals surface area (Å²) in [5, 5.41) is 14.2. The first-order valence-corrected chi connectivity index (χ1v) is 9.87. The minimum atomic E-state index is -0.285. The lowest BCUT2D eigenvalue weighted by atomic mass is 10.1. The molecule has 0 aliphatic carbocycles. The molecule has 3 aromatic rings. The SMILES string of the molecule is CN(C)C(=N)c1ccc(C(=O)NCc2cccnc2)c(NCCc2cccc(F)c2)n1. The Hall–Kier alpha value is -3.81. The highest BCUT2D eigenvalue weighted by molar-refractivity contribution is 6.01.